The largest absolute Gasteiger partial charge is 0.460 e. The van der Waals surface area contributed by atoms with Crippen molar-refractivity contribution in [3.05, 3.63) is 88.2 Å². The second-order valence-electron chi connectivity index (χ2n) is 11.9. The summed E-state index contributed by atoms with van der Waals surface area (Å²) in [7, 11) is 0. The topological polar surface area (TPSA) is 130 Å². The van der Waals surface area contributed by atoms with Crippen LogP contribution >= 0.6 is 11.6 Å². The predicted octanol–water partition coefficient (Wildman–Crippen LogP) is 5.31. The number of rotatable bonds is 10. The van der Waals surface area contributed by atoms with Gasteiger partial charge in [-0.1, -0.05) is 60.7 Å². The minimum Gasteiger partial charge on any atom is -0.460 e. The number of imidazole rings is 1. The van der Waals surface area contributed by atoms with Gasteiger partial charge in [-0.15, -0.1) is 0 Å². The molecule has 1 aliphatic heterocycles. The van der Waals surface area contributed by atoms with Crippen LogP contribution < -0.4 is 20.5 Å². The molecule has 5 rings (SSSR count). The molecule has 1 amide bonds. The average Bonchev–Trinajstić information content (AvgIpc) is 3.37. The normalized spacial score (nSPS) is 15.0. The van der Waals surface area contributed by atoms with Crippen LogP contribution in [0.2, 0.25) is 5.02 Å². The van der Waals surface area contributed by atoms with Gasteiger partial charge in [-0.3, -0.25) is 14.2 Å². The summed E-state index contributed by atoms with van der Waals surface area (Å²) in [6, 6.07) is 15.8. The summed E-state index contributed by atoms with van der Waals surface area (Å²) in [5, 5.41) is 3.48. The number of aromatic nitrogens is 4. The molecule has 0 radical (unpaired) electrons. The molecule has 1 saturated heterocycles. The van der Waals surface area contributed by atoms with E-state index in [0.717, 1.165) is 23.0 Å². The van der Waals surface area contributed by atoms with E-state index >= 15 is 0 Å². The van der Waals surface area contributed by atoms with E-state index in [1.165, 1.54) is 6.08 Å². The van der Waals surface area contributed by atoms with E-state index in [9.17, 15) is 14.4 Å². The molecule has 13 heteroatoms. The van der Waals surface area contributed by atoms with Crippen molar-refractivity contribution in [1.29, 1.82) is 0 Å². The molecule has 0 spiro atoms. The Morgan fingerprint density at radius 3 is 2.54 bits per heavy atom. The highest BCUT2D eigenvalue weighted by Crippen LogP contribution is 2.28. The second-order valence-corrected chi connectivity index (χ2v) is 12.3. The number of hydrogen-bond donors (Lipinski definition) is 1. The maximum absolute atomic E-state index is 14.3. The van der Waals surface area contributed by atoms with E-state index < -0.39 is 29.8 Å². The van der Waals surface area contributed by atoms with Gasteiger partial charge in [0.05, 0.1) is 6.54 Å². The Kier molecular flexibility index (Phi) is 9.96. The van der Waals surface area contributed by atoms with Crippen LogP contribution in [0.3, 0.4) is 0 Å². The van der Waals surface area contributed by atoms with Gasteiger partial charge in [0.1, 0.15) is 24.5 Å². The predicted molar refractivity (Wildman–Crippen MR) is 175 cm³/mol. The molecule has 242 valence electrons. The summed E-state index contributed by atoms with van der Waals surface area (Å²) in [5.41, 5.74) is -0.126. The highest BCUT2D eigenvalue weighted by molar-refractivity contribution is 6.31. The molecule has 2 aromatic carbocycles. The molecule has 0 saturated carbocycles. The number of ether oxygens (including phenoxy) is 3. The maximum atomic E-state index is 14.3. The molecule has 46 heavy (non-hydrogen) atoms. The molecule has 0 bridgehead atoms. The highest BCUT2D eigenvalue weighted by atomic mass is 35.5. The van der Waals surface area contributed by atoms with E-state index in [1.54, 1.807) is 34.9 Å². The van der Waals surface area contributed by atoms with Crippen LogP contribution in [0, 0.1) is 0 Å². The first-order valence-corrected chi connectivity index (χ1v) is 15.4. The summed E-state index contributed by atoms with van der Waals surface area (Å²) in [4.78, 5) is 51.1. The number of hydrogen-bond acceptors (Lipinski definition) is 9. The van der Waals surface area contributed by atoms with Gasteiger partial charge in [0.25, 0.3) is 5.56 Å². The molecule has 3 heterocycles. The third-order valence-electron chi connectivity index (χ3n) is 7.12. The van der Waals surface area contributed by atoms with Gasteiger partial charge >= 0.3 is 18.1 Å². The number of carbonyl (C=O) groups excluding carboxylic acids is 2. The van der Waals surface area contributed by atoms with Gasteiger partial charge in [0.15, 0.2) is 11.2 Å². The maximum Gasteiger partial charge on any atom is 0.407 e. The van der Waals surface area contributed by atoms with Crippen LogP contribution in [0.25, 0.3) is 11.2 Å². The van der Waals surface area contributed by atoms with Crippen molar-refractivity contribution in [2.24, 2.45) is 0 Å². The van der Waals surface area contributed by atoms with Gasteiger partial charge in [-0.25, -0.2) is 9.36 Å². The Morgan fingerprint density at radius 2 is 1.83 bits per heavy atom. The summed E-state index contributed by atoms with van der Waals surface area (Å²) < 4.78 is 19.6. The first-order valence-electron chi connectivity index (χ1n) is 15.0. The molecule has 4 aromatic rings. The number of nitrogens with zero attached hydrogens (tertiary/aromatic N) is 5. The van der Waals surface area contributed by atoms with Crippen molar-refractivity contribution >= 4 is 40.8 Å². The van der Waals surface area contributed by atoms with E-state index in [-0.39, 0.29) is 36.4 Å². The summed E-state index contributed by atoms with van der Waals surface area (Å²) in [5.74, 6) is 0.225. The third-order valence-corrected chi connectivity index (χ3v) is 7.49. The van der Waals surface area contributed by atoms with Gasteiger partial charge < -0.3 is 24.4 Å². The van der Waals surface area contributed by atoms with Crippen LogP contribution in [-0.2, 0) is 27.4 Å². The first-order chi connectivity index (χ1) is 22.0. The smallest absolute Gasteiger partial charge is 0.407 e. The van der Waals surface area contributed by atoms with Crippen LogP contribution in [0.1, 0.15) is 39.2 Å². The molecular weight excluding hydrogens is 612 g/mol. The molecule has 0 aliphatic carbocycles. The highest BCUT2D eigenvalue weighted by Gasteiger charge is 2.30. The van der Waals surface area contributed by atoms with Gasteiger partial charge in [-0.05, 0) is 57.4 Å². The monoisotopic (exact) mass is 648 g/mol. The molecule has 1 fully saturated rings. The van der Waals surface area contributed by atoms with Gasteiger partial charge in [-0.2, -0.15) is 9.97 Å². The average molecular weight is 649 g/mol. The third kappa shape index (κ3) is 7.86. The number of halogens is 1. The van der Waals surface area contributed by atoms with E-state index in [0.29, 0.717) is 29.8 Å². The lowest BCUT2D eigenvalue weighted by atomic mass is 10.1. The SMILES string of the molecule is C=CCOC(=O)Cn1c(Oc2ccccc2)nc2nc(N3CCC[C@@H](NC(=O)OC(C)(C)C)C3)n(Cc3ccccc3Cl)c2c1=O. The fraction of sp³-hybridized carbons (Fsp3) is 0.364. The molecule has 1 N–H and O–H groups in total. The molecular formula is C33H37ClN6O6. The van der Waals surface area contributed by atoms with Gasteiger partial charge in [0.2, 0.25) is 5.95 Å². The zero-order valence-corrected chi connectivity index (χ0v) is 26.8. The van der Waals surface area contributed by atoms with Crippen molar-refractivity contribution in [1.82, 2.24) is 24.4 Å². The van der Waals surface area contributed by atoms with Crippen molar-refractivity contribution in [2.75, 3.05) is 24.6 Å². The second kappa shape index (κ2) is 14.1. The summed E-state index contributed by atoms with van der Waals surface area (Å²) >= 11 is 6.57. The van der Waals surface area contributed by atoms with Crippen molar-refractivity contribution in [3.63, 3.8) is 0 Å². The number of alkyl carbamates (subject to hydrolysis) is 1. The lowest BCUT2D eigenvalue weighted by Gasteiger charge is -2.34. The Hall–Kier alpha value is -4.84. The minimum absolute atomic E-state index is 0.0137. The van der Waals surface area contributed by atoms with E-state index in [4.69, 9.17) is 30.8 Å². The lowest BCUT2D eigenvalue weighted by molar-refractivity contribution is -0.143. The lowest BCUT2D eigenvalue weighted by Crippen LogP contribution is -2.49. The number of benzene rings is 2. The van der Waals surface area contributed by atoms with Crippen LogP contribution in [0.4, 0.5) is 10.7 Å². The number of nitrogens with one attached hydrogen (secondary N) is 1. The van der Waals surface area contributed by atoms with Crippen molar-refractivity contribution in [3.8, 4) is 11.8 Å². The quantitative estimate of drug-likeness (QED) is 0.180. The number of amides is 1. The van der Waals surface area contributed by atoms with Crippen molar-refractivity contribution in [2.45, 2.75) is 58.3 Å². The fourth-order valence-corrected chi connectivity index (χ4v) is 5.36. The van der Waals surface area contributed by atoms with E-state index in [1.807, 2.05) is 49.9 Å². The minimum atomic E-state index is -0.662. The van der Waals surface area contributed by atoms with E-state index in [2.05, 4.69) is 16.9 Å². The van der Waals surface area contributed by atoms with Crippen LogP contribution in [0.15, 0.2) is 72.0 Å². The number of para-hydroxylation sites is 1. The fourth-order valence-electron chi connectivity index (χ4n) is 5.16. The molecule has 2 aromatic heterocycles. The molecule has 1 aliphatic rings. The Bertz CT molecular complexity index is 1780. The number of esters is 1. The number of anilines is 1. The molecule has 1 atom stereocenters. The summed E-state index contributed by atoms with van der Waals surface area (Å²) in [6.07, 6.45) is 2.44. The first kappa shape index (κ1) is 32.6. The number of carbonyl (C=O) groups is 2. The molecule has 0 unspecified atom stereocenters. The van der Waals surface area contributed by atoms with Crippen molar-refractivity contribution < 1.29 is 23.8 Å². The standard InChI is InChI=1S/C33H37ClN6O6/c1-5-18-44-26(41)21-40-29(42)27-28(37-31(40)45-24-14-7-6-8-15-24)36-30(39(27)19-22-12-9-10-16-25(22)34)38-17-11-13-23(20-38)35-32(43)46-33(2,3)4/h5-10,12,14-16,23H,1,11,13,17-21H2,2-4H3,(H,35,43)/t23-/m1/s1. The Balaban J connectivity index is 1.61. The van der Waals surface area contributed by atoms with Gasteiger partial charge in [0, 0.05) is 24.2 Å². The van der Waals surface area contributed by atoms with Crippen LogP contribution in [-0.4, -0.2) is 62.5 Å². The number of fused-ring (bicyclic) bond motifs is 1. The zero-order chi connectivity index (χ0) is 32.8. The summed E-state index contributed by atoms with van der Waals surface area (Å²) in [6.45, 7) is 9.78. The zero-order valence-electron chi connectivity index (χ0n) is 26.1. The number of piperidine rings is 1. The molecule has 12 nitrogen and oxygen atoms in total. The Labute approximate surface area is 271 Å². The Morgan fingerprint density at radius 1 is 1.09 bits per heavy atom. The van der Waals surface area contributed by atoms with Crippen LogP contribution in [0.5, 0.6) is 11.8 Å².